The van der Waals surface area contributed by atoms with Crippen LogP contribution in [0.3, 0.4) is 0 Å². The van der Waals surface area contributed by atoms with Crippen molar-refractivity contribution in [1.82, 2.24) is 10.2 Å². The maximum Gasteiger partial charge on any atom is 0.222 e. The maximum atomic E-state index is 12.5. The lowest BCUT2D eigenvalue weighted by Gasteiger charge is -2.32. The van der Waals surface area contributed by atoms with Crippen molar-refractivity contribution >= 4 is 5.91 Å². The largest absolute Gasteiger partial charge is 0.376 e. The van der Waals surface area contributed by atoms with Crippen LogP contribution < -0.4 is 5.32 Å². The highest BCUT2D eigenvalue weighted by atomic mass is 16.5. The number of nitrogens with one attached hydrogen (secondary N) is 1. The minimum absolute atomic E-state index is 0.382. The second-order valence-corrected chi connectivity index (χ2v) is 8.85. The summed E-state index contributed by atoms with van der Waals surface area (Å²) in [7, 11) is 0. The van der Waals surface area contributed by atoms with Crippen LogP contribution >= 0.6 is 0 Å². The highest BCUT2D eigenvalue weighted by Gasteiger charge is 2.22. The van der Waals surface area contributed by atoms with E-state index in [1.807, 2.05) is 0 Å². The lowest BCUT2D eigenvalue weighted by Crippen LogP contribution is -2.38. The molecule has 0 aromatic heterocycles. The second kappa shape index (κ2) is 13.0. The normalized spacial score (nSPS) is 20.7. The van der Waals surface area contributed by atoms with Crippen LogP contribution in [0.15, 0.2) is 30.3 Å². The molecule has 3 rings (SSSR count). The molecule has 1 atom stereocenters. The van der Waals surface area contributed by atoms with Crippen LogP contribution in [0.4, 0.5) is 0 Å². The van der Waals surface area contributed by atoms with Gasteiger partial charge in [0.15, 0.2) is 0 Å². The molecule has 2 saturated heterocycles. The van der Waals surface area contributed by atoms with Gasteiger partial charge in [0.2, 0.25) is 5.91 Å². The molecule has 2 fully saturated rings. The summed E-state index contributed by atoms with van der Waals surface area (Å²) in [5.41, 5.74) is 1.45. The van der Waals surface area contributed by atoms with Crippen molar-refractivity contribution in [2.45, 2.75) is 76.7 Å². The summed E-state index contributed by atoms with van der Waals surface area (Å²) in [6, 6.07) is 10.8. The van der Waals surface area contributed by atoms with Crippen molar-refractivity contribution in [2.24, 2.45) is 5.92 Å². The quantitative estimate of drug-likeness (QED) is 0.553. The van der Waals surface area contributed by atoms with Crippen LogP contribution in [-0.2, 0) is 16.0 Å². The summed E-state index contributed by atoms with van der Waals surface area (Å²) in [5, 5.41) is 3.38. The molecule has 1 N–H and O–H groups in total. The molecule has 0 bridgehead atoms. The van der Waals surface area contributed by atoms with Crippen LogP contribution in [-0.4, -0.2) is 49.7 Å². The van der Waals surface area contributed by atoms with Crippen molar-refractivity contribution in [3.63, 3.8) is 0 Å². The Kier molecular flexibility index (Phi) is 10.0. The highest BCUT2D eigenvalue weighted by molar-refractivity contribution is 5.76. The lowest BCUT2D eigenvalue weighted by molar-refractivity contribution is -0.132. The number of hydrogen-bond acceptors (Lipinski definition) is 3. The Labute approximate surface area is 177 Å². The molecule has 0 radical (unpaired) electrons. The molecule has 0 aliphatic carbocycles. The summed E-state index contributed by atoms with van der Waals surface area (Å²) < 4.78 is 5.73. The highest BCUT2D eigenvalue weighted by Crippen LogP contribution is 2.23. The molecule has 162 valence electrons. The predicted molar refractivity (Wildman–Crippen MR) is 119 cm³/mol. The lowest BCUT2D eigenvalue weighted by atomic mass is 9.90. The first kappa shape index (κ1) is 22.3. The van der Waals surface area contributed by atoms with E-state index >= 15 is 0 Å². The molecule has 4 nitrogen and oxygen atoms in total. The number of benzene rings is 1. The Morgan fingerprint density at radius 1 is 1.00 bits per heavy atom. The molecule has 1 aromatic carbocycles. The van der Waals surface area contributed by atoms with E-state index in [0.717, 1.165) is 58.0 Å². The van der Waals surface area contributed by atoms with E-state index in [4.69, 9.17) is 4.74 Å². The molecule has 1 unspecified atom stereocenters. The number of likely N-dealkylation sites (tertiary alicyclic amines) is 1. The molecule has 1 amide bonds. The zero-order chi connectivity index (χ0) is 20.2. The van der Waals surface area contributed by atoms with Crippen molar-refractivity contribution in [1.29, 1.82) is 0 Å². The van der Waals surface area contributed by atoms with E-state index in [9.17, 15) is 4.79 Å². The number of carbonyl (C=O) groups is 1. The summed E-state index contributed by atoms with van der Waals surface area (Å²) in [5.74, 6) is 1.19. The third-order valence-corrected chi connectivity index (χ3v) is 6.56. The van der Waals surface area contributed by atoms with Gasteiger partial charge in [-0.1, -0.05) is 49.6 Å². The molecular weight excluding hydrogens is 360 g/mol. The van der Waals surface area contributed by atoms with Gasteiger partial charge in [0.05, 0.1) is 12.7 Å². The minimum atomic E-state index is 0.382. The molecule has 0 spiro atoms. The van der Waals surface area contributed by atoms with Crippen LogP contribution in [0.2, 0.25) is 0 Å². The number of carbonyl (C=O) groups excluding carboxylic acids is 1. The van der Waals surface area contributed by atoms with Gasteiger partial charge in [0.1, 0.15) is 0 Å². The summed E-state index contributed by atoms with van der Waals surface area (Å²) in [4.78, 5) is 14.6. The summed E-state index contributed by atoms with van der Waals surface area (Å²) in [6.07, 6.45) is 13.1. The molecule has 2 aliphatic rings. The van der Waals surface area contributed by atoms with E-state index in [1.54, 1.807) is 0 Å². The Morgan fingerprint density at radius 2 is 1.79 bits per heavy atom. The van der Waals surface area contributed by atoms with Crippen LogP contribution in [0.1, 0.15) is 69.8 Å². The van der Waals surface area contributed by atoms with Crippen molar-refractivity contribution < 1.29 is 9.53 Å². The molecule has 29 heavy (non-hydrogen) atoms. The zero-order valence-corrected chi connectivity index (χ0v) is 18.1. The standard InChI is InChI=1S/C25H40N2O2/c28-25(14-7-2-1-6-13-24-21-26-17-20-29-24)27-18-15-23(16-19-27)12-8-11-22-9-4-3-5-10-22/h3-5,9-10,23-24,26H,1-2,6-8,11-21H2. The summed E-state index contributed by atoms with van der Waals surface area (Å²) in [6.45, 7) is 4.79. The van der Waals surface area contributed by atoms with Gasteiger partial charge in [-0.2, -0.15) is 0 Å². The van der Waals surface area contributed by atoms with Gasteiger partial charge in [-0.05, 0) is 56.4 Å². The number of amides is 1. The number of nitrogens with zero attached hydrogens (tertiary/aromatic N) is 1. The number of ether oxygens (including phenoxy) is 1. The fraction of sp³-hybridized carbons (Fsp3) is 0.720. The Bertz CT molecular complexity index is 563. The second-order valence-electron chi connectivity index (χ2n) is 8.85. The molecule has 2 heterocycles. The maximum absolute atomic E-state index is 12.5. The Balaban J connectivity index is 1.18. The Hall–Kier alpha value is -1.39. The van der Waals surface area contributed by atoms with Gasteiger partial charge in [-0.25, -0.2) is 0 Å². The van der Waals surface area contributed by atoms with Crippen LogP contribution in [0.5, 0.6) is 0 Å². The van der Waals surface area contributed by atoms with E-state index in [2.05, 4.69) is 40.5 Å². The molecule has 1 aromatic rings. The number of hydrogen-bond donors (Lipinski definition) is 1. The fourth-order valence-corrected chi connectivity index (χ4v) is 4.68. The van der Waals surface area contributed by atoms with Crippen molar-refractivity contribution in [3.8, 4) is 0 Å². The first-order valence-corrected chi connectivity index (χ1v) is 12.0. The average Bonchev–Trinajstić information content (AvgIpc) is 2.78. The first-order chi connectivity index (χ1) is 14.3. The van der Waals surface area contributed by atoms with Gasteiger partial charge in [0, 0.05) is 32.6 Å². The van der Waals surface area contributed by atoms with E-state index in [-0.39, 0.29) is 0 Å². The summed E-state index contributed by atoms with van der Waals surface area (Å²) >= 11 is 0. The zero-order valence-electron chi connectivity index (χ0n) is 18.1. The number of unbranched alkanes of at least 4 members (excludes halogenated alkanes) is 3. The molecular formula is C25H40N2O2. The Morgan fingerprint density at radius 3 is 2.55 bits per heavy atom. The molecule has 0 saturated carbocycles. The third-order valence-electron chi connectivity index (χ3n) is 6.56. The topological polar surface area (TPSA) is 41.6 Å². The van der Waals surface area contributed by atoms with E-state index in [0.29, 0.717) is 12.0 Å². The van der Waals surface area contributed by atoms with Crippen LogP contribution in [0.25, 0.3) is 0 Å². The molecule has 4 heteroatoms. The number of piperidine rings is 1. The predicted octanol–water partition coefficient (Wildman–Crippen LogP) is 4.58. The SMILES string of the molecule is O=C(CCCCCCC1CNCCO1)N1CCC(CCCc2ccccc2)CC1. The van der Waals surface area contributed by atoms with Crippen LogP contribution in [0, 0.1) is 5.92 Å². The smallest absolute Gasteiger partial charge is 0.222 e. The van der Waals surface area contributed by atoms with E-state index < -0.39 is 0 Å². The van der Waals surface area contributed by atoms with Gasteiger partial charge in [-0.15, -0.1) is 0 Å². The van der Waals surface area contributed by atoms with Gasteiger partial charge >= 0.3 is 0 Å². The van der Waals surface area contributed by atoms with E-state index in [1.165, 1.54) is 56.9 Å². The minimum Gasteiger partial charge on any atom is -0.376 e. The number of rotatable bonds is 11. The third kappa shape index (κ3) is 8.47. The van der Waals surface area contributed by atoms with Gasteiger partial charge < -0.3 is 15.0 Å². The number of aryl methyl sites for hydroxylation is 1. The fourth-order valence-electron chi connectivity index (χ4n) is 4.68. The van der Waals surface area contributed by atoms with Crippen molar-refractivity contribution in [3.05, 3.63) is 35.9 Å². The first-order valence-electron chi connectivity index (χ1n) is 12.0. The molecule has 2 aliphatic heterocycles. The van der Waals surface area contributed by atoms with Crippen molar-refractivity contribution in [2.75, 3.05) is 32.8 Å². The number of morpholine rings is 1. The van der Waals surface area contributed by atoms with Gasteiger partial charge in [0.25, 0.3) is 0 Å². The monoisotopic (exact) mass is 400 g/mol. The van der Waals surface area contributed by atoms with Gasteiger partial charge in [-0.3, -0.25) is 4.79 Å². The average molecular weight is 401 g/mol.